The number of aldehydes is 1. The van der Waals surface area contributed by atoms with Gasteiger partial charge in [-0.05, 0) is 35.6 Å². The molecular formula is C29H34FN5O5. The van der Waals surface area contributed by atoms with Crippen LogP contribution in [0.3, 0.4) is 0 Å². The van der Waals surface area contributed by atoms with Crippen molar-refractivity contribution in [3.63, 3.8) is 0 Å². The molecule has 212 valence electrons. The van der Waals surface area contributed by atoms with Crippen LogP contribution in [-0.4, -0.2) is 52.3 Å². The van der Waals surface area contributed by atoms with E-state index in [1.165, 1.54) is 30.6 Å². The van der Waals surface area contributed by atoms with Gasteiger partial charge in [-0.15, -0.1) is 0 Å². The van der Waals surface area contributed by atoms with Gasteiger partial charge < -0.3 is 30.5 Å². The second kappa shape index (κ2) is 15.2. The Morgan fingerprint density at radius 2 is 1.62 bits per heavy atom. The van der Waals surface area contributed by atoms with Crippen molar-refractivity contribution in [2.45, 2.75) is 57.8 Å². The summed E-state index contributed by atoms with van der Waals surface area (Å²) in [5.41, 5.74) is 2.03. The Morgan fingerprint density at radius 1 is 0.925 bits per heavy atom. The Morgan fingerprint density at radius 3 is 2.25 bits per heavy atom. The quantitative estimate of drug-likeness (QED) is 0.227. The first-order valence-electron chi connectivity index (χ1n) is 13.0. The first-order valence-corrected chi connectivity index (χ1v) is 13.0. The molecule has 0 saturated heterocycles. The van der Waals surface area contributed by atoms with Crippen molar-refractivity contribution in [2.75, 3.05) is 0 Å². The number of amides is 3. The Kier molecular flexibility index (Phi) is 11.4. The van der Waals surface area contributed by atoms with Crippen LogP contribution in [-0.2, 0) is 38.6 Å². The first-order chi connectivity index (χ1) is 19.2. The number of carbonyl (C=O) groups is 4. The van der Waals surface area contributed by atoms with Crippen LogP contribution in [0.4, 0.5) is 9.18 Å². The van der Waals surface area contributed by atoms with Crippen molar-refractivity contribution < 1.29 is 28.3 Å². The van der Waals surface area contributed by atoms with Crippen molar-refractivity contribution in [1.29, 1.82) is 0 Å². The van der Waals surface area contributed by atoms with E-state index in [0.717, 1.165) is 5.56 Å². The fourth-order valence-electron chi connectivity index (χ4n) is 4.00. The molecule has 0 aliphatic heterocycles. The Labute approximate surface area is 232 Å². The third-order valence-corrected chi connectivity index (χ3v) is 6.00. The van der Waals surface area contributed by atoms with E-state index >= 15 is 0 Å². The van der Waals surface area contributed by atoms with Crippen molar-refractivity contribution in [3.8, 4) is 0 Å². The van der Waals surface area contributed by atoms with Crippen LogP contribution in [0.5, 0.6) is 0 Å². The fourth-order valence-corrected chi connectivity index (χ4v) is 4.00. The lowest BCUT2D eigenvalue weighted by Crippen LogP contribution is -2.56. The standard InChI is InChI=1S/C29H34FN5O5/c1-19(2)12-25(27(37)33-24(16-36)14-23-15-31-18-32-23)34-28(38)26(13-20-8-10-22(30)11-9-20)35-29(39)40-17-21-6-4-3-5-7-21/h3-11,15-16,18-19,24-26H,12-14,17H2,1-2H3,(H,31,32)(H,33,37)(H,34,38)(H,35,39)/t24?,25-,26-/m0/s1. The van der Waals surface area contributed by atoms with Gasteiger partial charge in [0.2, 0.25) is 11.8 Å². The normalized spacial score (nSPS) is 13.1. The molecule has 0 saturated carbocycles. The van der Waals surface area contributed by atoms with E-state index in [2.05, 4.69) is 25.9 Å². The number of alkyl carbamates (subject to hydrolysis) is 1. The maximum absolute atomic E-state index is 13.4. The van der Waals surface area contributed by atoms with Gasteiger partial charge in [0.25, 0.3) is 0 Å². The van der Waals surface area contributed by atoms with Gasteiger partial charge in [-0.25, -0.2) is 14.2 Å². The first kappa shape index (κ1) is 30.0. The molecule has 3 aromatic rings. The van der Waals surface area contributed by atoms with Crippen LogP contribution in [0, 0.1) is 11.7 Å². The van der Waals surface area contributed by atoms with E-state index in [4.69, 9.17) is 4.74 Å². The number of benzene rings is 2. The van der Waals surface area contributed by atoms with E-state index in [1.807, 2.05) is 32.0 Å². The highest BCUT2D eigenvalue weighted by Crippen LogP contribution is 2.10. The van der Waals surface area contributed by atoms with E-state index in [1.54, 1.807) is 18.3 Å². The van der Waals surface area contributed by atoms with Crippen molar-refractivity contribution >= 4 is 24.2 Å². The third kappa shape index (κ3) is 9.97. The summed E-state index contributed by atoms with van der Waals surface area (Å²) in [6.45, 7) is 3.78. The number of nitrogens with zero attached hydrogens (tertiary/aromatic N) is 1. The van der Waals surface area contributed by atoms with Crippen LogP contribution in [0.1, 0.15) is 37.1 Å². The summed E-state index contributed by atoms with van der Waals surface area (Å²) in [5, 5.41) is 7.95. The van der Waals surface area contributed by atoms with Gasteiger partial charge in [0.15, 0.2) is 0 Å². The second-order valence-electron chi connectivity index (χ2n) is 9.81. The van der Waals surface area contributed by atoms with Crippen LogP contribution < -0.4 is 16.0 Å². The number of aromatic amines is 1. The summed E-state index contributed by atoms with van der Waals surface area (Å²) in [5.74, 6) is -1.57. The minimum atomic E-state index is -1.12. The smallest absolute Gasteiger partial charge is 0.408 e. The molecule has 3 atom stereocenters. The van der Waals surface area contributed by atoms with Gasteiger partial charge in [0.1, 0.15) is 30.8 Å². The molecule has 0 bridgehead atoms. The molecule has 0 fully saturated rings. The van der Waals surface area contributed by atoms with Crippen molar-refractivity contribution in [2.24, 2.45) is 5.92 Å². The summed E-state index contributed by atoms with van der Waals surface area (Å²) >= 11 is 0. The Balaban J connectivity index is 1.71. The number of nitrogens with one attached hydrogen (secondary N) is 4. The zero-order valence-electron chi connectivity index (χ0n) is 22.4. The molecule has 3 rings (SSSR count). The molecule has 1 aromatic heterocycles. The Bertz CT molecular complexity index is 1240. The zero-order valence-corrected chi connectivity index (χ0v) is 22.4. The minimum absolute atomic E-state index is 0.000639. The molecule has 0 spiro atoms. The lowest BCUT2D eigenvalue weighted by Gasteiger charge is -2.25. The summed E-state index contributed by atoms with van der Waals surface area (Å²) in [6, 6.07) is 11.6. The summed E-state index contributed by atoms with van der Waals surface area (Å²) < 4.78 is 18.7. The summed E-state index contributed by atoms with van der Waals surface area (Å²) in [7, 11) is 0. The maximum atomic E-state index is 13.4. The molecule has 11 heteroatoms. The lowest BCUT2D eigenvalue weighted by atomic mass is 10.0. The molecule has 4 N–H and O–H groups in total. The van der Waals surface area contributed by atoms with Gasteiger partial charge in [0.05, 0.1) is 12.4 Å². The van der Waals surface area contributed by atoms with Gasteiger partial charge in [-0.3, -0.25) is 9.59 Å². The molecule has 3 amide bonds. The van der Waals surface area contributed by atoms with Gasteiger partial charge >= 0.3 is 6.09 Å². The van der Waals surface area contributed by atoms with Gasteiger partial charge in [-0.1, -0.05) is 56.3 Å². The highest BCUT2D eigenvalue weighted by Gasteiger charge is 2.29. The Hall–Kier alpha value is -4.54. The predicted molar refractivity (Wildman–Crippen MR) is 145 cm³/mol. The number of rotatable bonds is 14. The highest BCUT2D eigenvalue weighted by atomic mass is 19.1. The summed E-state index contributed by atoms with van der Waals surface area (Å²) in [4.78, 5) is 57.6. The fraction of sp³-hybridized carbons (Fsp3) is 0.345. The summed E-state index contributed by atoms with van der Waals surface area (Å²) in [6.07, 6.45) is 3.35. The molecular weight excluding hydrogens is 517 g/mol. The van der Waals surface area contributed by atoms with Crippen LogP contribution in [0.25, 0.3) is 0 Å². The molecule has 40 heavy (non-hydrogen) atoms. The lowest BCUT2D eigenvalue weighted by molar-refractivity contribution is -0.131. The van der Waals surface area contributed by atoms with Crippen LogP contribution in [0.15, 0.2) is 67.1 Å². The SMILES string of the molecule is CC(C)C[C@H](NC(=O)[C@H](Cc1ccc(F)cc1)NC(=O)OCc1ccccc1)C(=O)NC(C=O)Cc1cnc[nH]1. The van der Waals surface area contributed by atoms with E-state index in [0.29, 0.717) is 17.5 Å². The molecule has 0 aliphatic carbocycles. The number of hydrogen-bond donors (Lipinski definition) is 4. The molecule has 10 nitrogen and oxygen atoms in total. The molecule has 2 aromatic carbocycles. The van der Waals surface area contributed by atoms with Crippen molar-refractivity contribution in [3.05, 3.63) is 89.8 Å². The minimum Gasteiger partial charge on any atom is -0.445 e. The highest BCUT2D eigenvalue weighted by molar-refractivity contribution is 5.92. The average molecular weight is 552 g/mol. The van der Waals surface area contributed by atoms with Gasteiger partial charge in [0, 0.05) is 24.7 Å². The third-order valence-electron chi connectivity index (χ3n) is 6.00. The van der Waals surface area contributed by atoms with Gasteiger partial charge in [-0.2, -0.15) is 0 Å². The number of halogens is 1. The monoisotopic (exact) mass is 551 g/mol. The van der Waals surface area contributed by atoms with Crippen LogP contribution >= 0.6 is 0 Å². The largest absolute Gasteiger partial charge is 0.445 e. The maximum Gasteiger partial charge on any atom is 0.408 e. The van der Waals surface area contributed by atoms with E-state index < -0.39 is 41.9 Å². The van der Waals surface area contributed by atoms with Crippen molar-refractivity contribution in [1.82, 2.24) is 25.9 Å². The van der Waals surface area contributed by atoms with Crippen LogP contribution in [0.2, 0.25) is 0 Å². The second-order valence-corrected chi connectivity index (χ2v) is 9.81. The molecule has 1 heterocycles. The molecule has 1 unspecified atom stereocenters. The number of hydrogen-bond acceptors (Lipinski definition) is 6. The van der Waals surface area contributed by atoms with E-state index in [-0.39, 0.29) is 31.8 Å². The molecule has 0 radical (unpaired) electrons. The molecule has 0 aliphatic rings. The number of imidazole rings is 1. The number of aromatic nitrogens is 2. The number of ether oxygens (including phenoxy) is 1. The topological polar surface area (TPSA) is 142 Å². The number of H-pyrrole nitrogens is 1. The zero-order chi connectivity index (χ0) is 28.9. The predicted octanol–water partition coefficient (Wildman–Crippen LogP) is 2.84. The number of carbonyl (C=O) groups excluding carboxylic acids is 4. The average Bonchev–Trinajstić information content (AvgIpc) is 3.45. The van der Waals surface area contributed by atoms with E-state index in [9.17, 15) is 23.6 Å².